The minimum atomic E-state index is -0.311. The van der Waals surface area contributed by atoms with E-state index in [9.17, 15) is 9.59 Å². The van der Waals surface area contributed by atoms with Gasteiger partial charge in [-0.25, -0.2) is 0 Å². The average molecular weight is 365 g/mol. The van der Waals surface area contributed by atoms with Crippen LogP contribution in [0, 0.1) is 5.92 Å². The number of carbonyl (C=O) groups excluding carboxylic acids is 2. The van der Waals surface area contributed by atoms with Crippen LogP contribution in [-0.4, -0.2) is 35.8 Å². The van der Waals surface area contributed by atoms with E-state index in [2.05, 4.69) is 5.32 Å². The molecule has 2 atom stereocenters. The molecule has 0 spiro atoms. The van der Waals surface area contributed by atoms with Crippen molar-refractivity contribution in [2.24, 2.45) is 11.7 Å². The molecule has 0 radical (unpaired) electrons. The molecular formula is C22H27N3O2. The van der Waals surface area contributed by atoms with Crippen LogP contribution in [0.4, 0.5) is 0 Å². The van der Waals surface area contributed by atoms with E-state index in [1.54, 1.807) is 12.1 Å². The lowest BCUT2D eigenvalue weighted by molar-refractivity contribution is -0.136. The number of nitrogens with zero attached hydrogens (tertiary/aromatic N) is 1. The molecule has 142 valence electrons. The third kappa shape index (κ3) is 4.74. The minimum Gasteiger partial charge on any atom is -0.349 e. The quantitative estimate of drug-likeness (QED) is 0.855. The van der Waals surface area contributed by atoms with Gasteiger partial charge in [0.05, 0.1) is 5.92 Å². The van der Waals surface area contributed by atoms with Crippen LogP contribution >= 0.6 is 0 Å². The Bertz CT molecular complexity index is 756. The van der Waals surface area contributed by atoms with Gasteiger partial charge in [0.2, 0.25) is 5.91 Å². The Hall–Kier alpha value is -2.66. The van der Waals surface area contributed by atoms with E-state index in [4.69, 9.17) is 5.73 Å². The molecule has 0 aliphatic carbocycles. The van der Waals surface area contributed by atoms with Crippen LogP contribution in [0.25, 0.3) is 0 Å². The fraction of sp³-hybridized carbons (Fsp3) is 0.364. The minimum absolute atomic E-state index is 0.0557. The van der Waals surface area contributed by atoms with Gasteiger partial charge < -0.3 is 16.0 Å². The highest BCUT2D eigenvalue weighted by molar-refractivity contribution is 5.94. The first-order valence-corrected chi connectivity index (χ1v) is 9.51. The molecule has 2 unspecified atom stereocenters. The van der Waals surface area contributed by atoms with E-state index in [-0.39, 0.29) is 29.8 Å². The lowest BCUT2D eigenvalue weighted by atomic mass is 9.93. The summed E-state index contributed by atoms with van der Waals surface area (Å²) in [6, 6.07) is 18.7. The molecule has 0 bridgehead atoms. The summed E-state index contributed by atoms with van der Waals surface area (Å²) in [5.41, 5.74) is 7.94. The number of benzene rings is 2. The Morgan fingerprint density at radius 3 is 2.15 bits per heavy atom. The molecule has 1 fully saturated rings. The Kier molecular flexibility index (Phi) is 6.24. The van der Waals surface area contributed by atoms with E-state index >= 15 is 0 Å². The number of piperidine rings is 1. The number of hydrogen-bond donors (Lipinski definition) is 2. The second-order valence-electron chi connectivity index (χ2n) is 7.16. The molecule has 27 heavy (non-hydrogen) atoms. The number of nitrogens with two attached hydrogens (primary N) is 1. The fourth-order valence-electron chi connectivity index (χ4n) is 3.51. The predicted octanol–water partition coefficient (Wildman–Crippen LogP) is 2.74. The van der Waals surface area contributed by atoms with Crippen LogP contribution in [-0.2, 0) is 4.79 Å². The molecule has 0 aromatic heterocycles. The van der Waals surface area contributed by atoms with Crippen LogP contribution in [0.15, 0.2) is 60.7 Å². The lowest BCUT2D eigenvalue weighted by Crippen LogP contribution is -2.48. The number of hydrogen-bond acceptors (Lipinski definition) is 3. The van der Waals surface area contributed by atoms with E-state index < -0.39 is 0 Å². The van der Waals surface area contributed by atoms with Gasteiger partial charge in [-0.3, -0.25) is 9.59 Å². The molecule has 3 N–H and O–H groups in total. The van der Waals surface area contributed by atoms with Gasteiger partial charge >= 0.3 is 0 Å². The third-order valence-corrected chi connectivity index (χ3v) is 5.29. The zero-order valence-corrected chi connectivity index (χ0v) is 15.7. The second-order valence-corrected chi connectivity index (χ2v) is 7.16. The smallest absolute Gasteiger partial charge is 0.251 e. The molecule has 3 rings (SSSR count). The largest absolute Gasteiger partial charge is 0.349 e. The van der Waals surface area contributed by atoms with Crippen molar-refractivity contribution >= 4 is 11.8 Å². The maximum absolute atomic E-state index is 12.8. The maximum Gasteiger partial charge on any atom is 0.251 e. The van der Waals surface area contributed by atoms with E-state index in [0.29, 0.717) is 18.7 Å². The van der Waals surface area contributed by atoms with Gasteiger partial charge in [0, 0.05) is 30.7 Å². The summed E-state index contributed by atoms with van der Waals surface area (Å²) in [6.07, 6.45) is 1.52. The number of likely N-dealkylation sites (tertiary alicyclic amines) is 1. The van der Waals surface area contributed by atoms with Crippen molar-refractivity contribution in [2.45, 2.75) is 31.8 Å². The normalized spacial score (nSPS) is 17.2. The van der Waals surface area contributed by atoms with Crippen molar-refractivity contribution in [1.29, 1.82) is 0 Å². The van der Waals surface area contributed by atoms with Crippen LogP contribution < -0.4 is 11.1 Å². The van der Waals surface area contributed by atoms with Gasteiger partial charge in [0.15, 0.2) is 0 Å². The lowest BCUT2D eigenvalue weighted by Gasteiger charge is -2.35. The van der Waals surface area contributed by atoms with Crippen molar-refractivity contribution in [3.8, 4) is 0 Å². The summed E-state index contributed by atoms with van der Waals surface area (Å²) >= 11 is 0. The zero-order valence-electron chi connectivity index (χ0n) is 15.7. The van der Waals surface area contributed by atoms with Crippen molar-refractivity contribution in [1.82, 2.24) is 10.2 Å². The summed E-state index contributed by atoms with van der Waals surface area (Å²) in [6.45, 7) is 3.18. The monoisotopic (exact) mass is 365 g/mol. The number of carbonyl (C=O) groups is 2. The molecule has 5 heteroatoms. The molecule has 5 nitrogen and oxygen atoms in total. The van der Waals surface area contributed by atoms with Crippen LogP contribution in [0.5, 0.6) is 0 Å². The number of rotatable bonds is 5. The first-order valence-electron chi connectivity index (χ1n) is 9.51. The van der Waals surface area contributed by atoms with Crippen LogP contribution in [0.3, 0.4) is 0 Å². The first kappa shape index (κ1) is 19.1. The third-order valence-electron chi connectivity index (χ3n) is 5.29. The molecule has 0 saturated carbocycles. The van der Waals surface area contributed by atoms with Crippen molar-refractivity contribution in [3.63, 3.8) is 0 Å². The van der Waals surface area contributed by atoms with Crippen LogP contribution in [0.2, 0.25) is 0 Å². The van der Waals surface area contributed by atoms with Gasteiger partial charge in [-0.1, -0.05) is 55.5 Å². The number of amides is 2. The van der Waals surface area contributed by atoms with Gasteiger partial charge in [-0.15, -0.1) is 0 Å². The molecule has 1 aliphatic heterocycles. The molecule has 1 aliphatic rings. The van der Waals surface area contributed by atoms with Crippen LogP contribution in [0.1, 0.15) is 41.7 Å². The highest BCUT2D eigenvalue weighted by atomic mass is 16.2. The fourth-order valence-corrected chi connectivity index (χ4v) is 3.51. The van der Waals surface area contributed by atoms with Crippen molar-refractivity contribution in [2.75, 3.05) is 13.1 Å². The summed E-state index contributed by atoms with van der Waals surface area (Å²) in [4.78, 5) is 27.0. The van der Waals surface area contributed by atoms with Crippen molar-refractivity contribution < 1.29 is 9.59 Å². The SMILES string of the molecule is CC(C(=O)N1CCC(NC(=O)c2ccccc2)CC1)C(N)c1ccccc1. The van der Waals surface area contributed by atoms with E-state index in [1.807, 2.05) is 60.4 Å². The van der Waals surface area contributed by atoms with Gasteiger partial charge in [-0.05, 0) is 30.5 Å². The Balaban J connectivity index is 1.51. The average Bonchev–Trinajstić information content (AvgIpc) is 2.74. The van der Waals surface area contributed by atoms with Gasteiger partial charge in [-0.2, -0.15) is 0 Å². The molecule has 1 saturated heterocycles. The Morgan fingerprint density at radius 1 is 1.00 bits per heavy atom. The predicted molar refractivity (Wildman–Crippen MR) is 106 cm³/mol. The molecule has 2 amide bonds. The molecule has 2 aromatic carbocycles. The summed E-state index contributed by atoms with van der Waals surface area (Å²) in [7, 11) is 0. The molecule has 1 heterocycles. The number of nitrogens with one attached hydrogen (secondary N) is 1. The summed E-state index contributed by atoms with van der Waals surface area (Å²) < 4.78 is 0. The Labute approximate surface area is 160 Å². The maximum atomic E-state index is 12.8. The van der Waals surface area contributed by atoms with Gasteiger partial charge in [0.25, 0.3) is 5.91 Å². The highest BCUT2D eigenvalue weighted by Gasteiger charge is 2.30. The molecule has 2 aromatic rings. The van der Waals surface area contributed by atoms with E-state index in [1.165, 1.54) is 0 Å². The summed E-state index contributed by atoms with van der Waals surface area (Å²) in [5.74, 6) is -0.248. The topological polar surface area (TPSA) is 75.4 Å². The standard InChI is InChI=1S/C22H27N3O2/c1-16(20(23)17-8-4-2-5-9-17)22(27)25-14-12-19(13-15-25)24-21(26)18-10-6-3-7-11-18/h2-11,16,19-20H,12-15,23H2,1H3,(H,24,26). The zero-order chi connectivity index (χ0) is 19.2. The van der Waals surface area contributed by atoms with Gasteiger partial charge in [0.1, 0.15) is 0 Å². The Morgan fingerprint density at radius 2 is 1.56 bits per heavy atom. The highest BCUT2D eigenvalue weighted by Crippen LogP contribution is 2.23. The second kappa shape index (κ2) is 8.82. The van der Waals surface area contributed by atoms with Crippen molar-refractivity contribution in [3.05, 3.63) is 71.8 Å². The summed E-state index contributed by atoms with van der Waals surface area (Å²) in [5, 5.41) is 3.07. The first-order chi connectivity index (χ1) is 13.1. The van der Waals surface area contributed by atoms with E-state index in [0.717, 1.165) is 18.4 Å². The molecular weight excluding hydrogens is 338 g/mol.